The molecule has 9 heteroatoms. The number of carbonyl (C=O) groups is 3. The minimum atomic E-state index is -0.165. The lowest BCUT2D eigenvalue weighted by Crippen LogP contribution is -2.41. The Labute approximate surface area is 185 Å². The molecule has 3 N–H and O–H groups in total. The van der Waals surface area contributed by atoms with Crippen LogP contribution in [0.15, 0.2) is 54.9 Å². The van der Waals surface area contributed by atoms with Crippen LogP contribution in [-0.4, -0.2) is 50.9 Å². The molecule has 3 heterocycles. The van der Waals surface area contributed by atoms with Crippen molar-refractivity contribution in [2.45, 2.75) is 19.8 Å². The van der Waals surface area contributed by atoms with Gasteiger partial charge in [0.2, 0.25) is 11.8 Å². The van der Waals surface area contributed by atoms with Crippen molar-refractivity contribution in [3.8, 4) is 11.3 Å². The van der Waals surface area contributed by atoms with Gasteiger partial charge < -0.3 is 15.5 Å². The van der Waals surface area contributed by atoms with Crippen LogP contribution < -0.4 is 10.6 Å². The van der Waals surface area contributed by atoms with Gasteiger partial charge in [-0.25, -0.2) is 0 Å². The molecule has 1 aliphatic heterocycles. The van der Waals surface area contributed by atoms with Crippen molar-refractivity contribution in [2.24, 2.45) is 5.92 Å². The number of rotatable bonds is 5. The second-order valence-electron chi connectivity index (χ2n) is 7.72. The Hall–Kier alpha value is -4.01. The predicted octanol–water partition coefficient (Wildman–Crippen LogP) is 2.92. The summed E-state index contributed by atoms with van der Waals surface area (Å²) in [4.78, 5) is 42.4. The number of piperidine rings is 1. The first-order valence-corrected chi connectivity index (χ1v) is 10.4. The maximum absolute atomic E-state index is 12.8. The summed E-state index contributed by atoms with van der Waals surface area (Å²) < 4.78 is 0. The third-order valence-electron chi connectivity index (χ3n) is 5.39. The highest BCUT2D eigenvalue weighted by Crippen LogP contribution is 2.23. The molecule has 0 saturated carbocycles. The number of aromatic amines is 1. The SMILES string of the molecule is CC(=O)Nc1ccc(NC(=O)C2CCN(C(=O)c3cc(-c4cccnc4)n[nH]3)CC2)cc1. The van der Waals surface area contributed by atoms with E-state index in [1.807, 2.05) is 12.1 Å². The summed E-state index contributed by atoms with van der Waals surface area (Å²) in [5.41, 5.74) is 3.27. The van der Waals surface area contributed by atoms with E-state index in [0.717, 1.165) is 5.56 Å². The molecule has 1 fully saturated rings. The first-order chi connectivity index (χ1) is 15.5. The van der Waals surface area contributed by atoms with Crippen LogP contribution in [0.1, 0.15) is 30.3 Å². The van der Waals surface area contributed by atoms with Gasteiger partial charge in [0, 0.05) is 55.3 Å². The van der Waals surface area contributed by atoms with Gasteiger partial charge in [-0.1, -0.05) is 0 Å². The third-order valence-corrected chi connectivity index (χ3v) is 5.39. The van der Waals surface area contributed by atoms with Gasteiger partial charge in [-0.15, -0.1) is 0 Å². The second-order valence-corrected chi connectivity index (χ2v) is 7.72. The number of pyridine rings is 1. The summed E-state index contributed by atoms with van der Waals surface area (Å²) in [5, 5.41) is 12.6. The average Bonchev–Trinajstić information content (AvgIpc) is 3.31. The van der Waals surface area contributed by atoms with Crippen molar-refractivity contribution >= 4 is 29.1 Å². The van der Waals surface area contributed by atoms with Gasteiger partial charge in [-0.2, -0.15) is 5.10 Å². The molecule has 1 aliphatic rings. The Kier molecular flexibility index (Phi) is 6.25. The van der Waals surface area contributed by atoms with E-state index in [2.05, 4.69) is 25.8 Å². The molecule has 2 aromatic heterocycles. The smallest absolute Gasteiger partial charge is 0.271 e. The summed E-state index contributed by atoms with van der Waals surface area (Å²) in [7, 11) is 0. The highest BCUT2D eigenvalue weighted by Gasteiger charge is 2.28. The summed E-state index contributed by atoms with van der Waals surface area (Å²) in [5.74, 6) is -0.502. The zero-order chi connectivity index (χ0) is 22.5. The van der Waals surface area contributed by atoms with Crippen LogP contribution in [0.2, 0.25) is 0 Å². The van der Waals surface area contributed by atoms with E-state index in [-0.39, 0.29) is 23.6 Å². The number of carbonyl (C=O) groups excluding carboxylic acids is 3. The highest BCUT2D eigenvalue weighted by molar-refractivity contribution is 5.95. The van der Waals surface area contributed by atoms with Crippen molar-refractivity contribution in [3.05, 3.63) is 60.6 Å². The Balaban J connectivity index is 1.30. The van der Waals surface area contributed by atoms with Crippen molar-refractivity contribution < 1.29 is 14.4 Å². The van der Waals surface area contributed by atoms with Crippen molar-refractivity contribution in [1.82, 2.24) is 20.1 Å². The molecule has 3 aromatic rings. The molecule has 9 nitrogen and oxygen atoms in total. The van der Waals surface area contributed by atoms with Crippen molar-refractivity contribution in [2.75, 3.05) is 23.7 Å². The Morgan fingerprint density at radius 3 is 2.34 bits per heavy atom. The largest absolute Gasteiger partial charge is 0.337 e. The quantitative estimate of drug-likeness (QED) is 0.573. The first-order valence-electron chi connectivity index (χ1n) is 10.4. The van der Waals surface area contributed by atoms with Crippen molar-refractivity contribution in [1.29, 1.82) is 0 Å². The van der Waals surface area contributed by atoms with Gasteiger partial charge in [0.25, 0.3) is 5.91 Å². The number of aromatic nitrogens is 3. The maximum Gasteiger partial charge on any atom is 0.271 e. The first kappa shape index (κ1) is 21.2. The van der Waals surface area contributed by atoms with E-state index in [9.17, 15) is 14.4 Å². The maximum atomic E-state index is 12.8. The van der Waals surface area contributed by atoms with Crippen LogP contribution in [0.25, 0.3) is 11.3 Å². The monoisotopic (exact) mass is 432 g/mol. The molecule has 32 heavy (non-hydrogen) atoms. The minimum absolute atomic E-state index is 0.0650. The summed E-state index contributed by atoms with van der Waals surface area (Å²) in [6, 6.07) is 12.4. The fraction of sp³-hybridized carbons (Fsp3) is 0.261. The van der Waals surface area contributed by atoms with Gasteiger partial charge >= 0.3 is 0 Å². The number of anilines is 2. The number of nitrogens with zero attached hydrogens (tertiary/aromatic N) is 3. The number of nitrogens with one attached hydrogen (secondary N) is 3. The second kappa shape index (κ2) is 9.42. The molecule has 0 atom stereocenters. The molecule has 0 bridgehead atoms. The topological polar surface area (TPSA) is 120 Å². The number of benzene rings is 1. The van der Waals surface area contributed by atoms with Gasteiger partial charge in [0.1, 0.15) is 5.69 Å². The van der Waals surface area contributed by atoms with E-state index in [1.54, 1.807) is 47.6 Å². The lowest BCUT2D eigenvalue weighted by atomic mass is 9.95. The van der Waals surface area contributed by atoms with Crippen LogP contribution in [0.4, 0.5) is 11.4 Å². The lowest BCUT2D eigenvalue weighted by molar-refractivity contribution is -0.121. The molecule has 4 rings (SSSR count). The van der Waals surface area contributed by atoms with Crippen LogP contribution in [0, 0.1) is 5.92 Å². The highest BCUT2D eigenvalue weighted by atomic mass is 16.2. The van der Waals surface area contributed by atoms with E-state index >= 15 is 0 Å². The molecule has 1 aromatic carbocycles. The lowest BCUT2D eigenvalue weighted by Gasteiger charge is -2.31. The minimum Gasteiger partial charge on any atom is -0.337 e. The van der Waals surface area contributed by atoms with Crippen LogP contribution in [0.5, 0.6) is 0 Å². The van der Waals surface area contributed by atoms with Gasteiger partial charge in [0.05, 0.1) is 5.69 Å². The number of likely N-dealkylation sites (tertiary alicyclic amines) is 1. The van der Waals surface area contributed by atoms with E-state index in [0.29, 0.717) is 48.7 Å². The van der Waals surface area contributed by atoms with Crippen LogP contribution >= 0.6 is 0 Å². The summed E-state index contributed by atoms with van der Waals surface area (Å²) in [6.45, 7) is 2.44. The molecule has 3 amide bonds. The van der Waals surface area contributed by atoms with E-state index in [1.165, 1.54) is 6.92 Å². The Bertz CT molecular complexity index is 1100. The molecule has 0 radical (unpaired) electrons. The fourth-order valence-corrected chi connectivity index (χ4v) is 3.69. The summed E-state index contributed by atoms with van der Waals surface area (Å²) in [6.07, 6.45) is 4.56. The number of amides is 3. The van der Waals surface area contributed by atoms with E-state index in [4.69, 9.17) is 0 Å². The molecule has 0 spiro atoms. The van der Waals surface area contributed by atoms with Crippen LogP contribution in [-0.2, 0) is 9.59 Å². The Morgan fingerprint density at radius 2 is 1.72 bits per heavy atom. The van der Waals surface area contributed by atoms with E-state index < -0.39 is 0 Å². The fourth-order valence-electron chi connectivity index (χ4n) is 3.69. The average molecular weight is 432 g/mol. The van der Waals surface area contributed by atoms with Crippen LogP contribution in [0.3, 0.4) is 0 Å². The zero-order valence-corrected chi connectivity index (χ0v) is 17.7. The predicted molar refractivity (Wildman–Crippen MR) is 120 cm³/mol. The Morgan fingerprint density at radius 1 is 1.03 bits per heavy atom. The van der Waals surface area contributed by atoms with Gasteiger partial charge in [-0.3, -0.25) is 24.5 Å². The molecular formula is C23H24N6O3. The van der Waals surface area contributed by atoms with Gasteiger partial charge in [0.15, 0.2) is 0 Å². The normalized spacial score (nSPS) is 14.1. The molecule has 0 aliphatic carbocycles. The van der Waals surface area contributed by atoms with Gasteiger partial charge in [-0.05, 0) is 55.3 Å². The zero-order valence-electron chi connectivity index (χ0n) is 17.7. The molecule has 164 valence electrons. The standard InChI is InChI=1S/C23H24N6O3/c1-15(30)25-18-4-6-19(7-5-18)26-22(31)16-8-11-29(12-9-16)23(32)21-13-20(27-28-21)17-3-2-10-24-14-17/h2-7,10,13-14,16H,8-9,11-12H2,1H3,(H,25,30)(H,26,31)(H,27,28). The number of hydrogen-bond donors (Lipinski definition) is 3. The van der Waals surface area contributed by atoms with Crippen molar-refractivity contribution in [3.63, 3.8) is 0 Å². The molecule has 1 saturated heterocycles. The molecule has 0 unspecified atom stereocenters. The number of hydrogen-bond acceptors (Lipinski definition) is 5. The summed E-state index contributed by atoms with van der Waals surface area (Å²) >= 11 is 0. The number of H-pyrrole nitrogens is 1. The third kappa shape index (κ3) is 5.00. The molecular weight excluding hydrogens is 408 g/mol.